The first-order chi connectivity index (χ1) is 9.24. The number of carbonyl (C=O) groups is 1. The molecule has 0 saturated carbocycles. The van der Waals surface area contributed by atoms with Crippen molar-refractivity contribution >= 4 is 11.6 Å². The number of hydrogen-bond acceptors (Lipinski definition) is 3. The second-order valence-corrected chi connectivity index (χ2v) is 4.99. The summed E-state index contributed by atoms with van der Waals surface area (Å²) in [6, 6.07) is 8.09. The summed E-state index contributed by atoms with van der Waals surface area (Å²) in [5, 5.41) is 6.24. The molecule has 1 aliphatic rings. The minimum Gasteiger partial charge on any atom is -0.494 e. The highest BCUT2D eigenvalue weighted by molar-refractivity contribution is 5.88. The van der Waals surface area contributed by atoms with Crippen LogP contribution in [0.5, 0.6) is 5.75 Å². The number of anilines is 1. The Morgan fingerprint density at radius 3 is 2.79 bits per heavy atom. The van der Waals surface area contributed by atoms with Gasteiger partial charge in [-0.2, -0.15) is 0 Å². The molecule has 0 spiro atoms. The Kier molecular flexibility index (Phi) is 5.21. The minimum absolute atomic E-state index is 0.0583. The standard InChI is InChI=1S/C15H22N2O2/c1-12(18)17-14-5-7-15(8-6-14)19-11-9-13-4-2-3-10-16-13/h5-8,13,16H,2-4,9-11H2,1H3,(H,17,18)/t13-/m1/s1. The molecule has 1 aliphatic heterocycles. The molecule has 0 aromatic heterocycles. The summed E-state index contributed by atoms with van der Waals surface area (Å²) in [5.41, 5.74) is 0.800. The Bertz CT molecular complexity index is 397. The summed E-state index contributed by atoms with van der Waals surface area (Å²) in [4.78, 5) is 10.9. The topological polar surface area (TPSA) is 50.4 Å². The summed E-state index contributed by atoms with van der Waals surface area (Å²) in [5.74, 6) is 0.793. The van der Waals surface area contributed by atoms with E-state index >= 15 is 0 Å². The zero-order valence-corrected chi connectivity index (χ0v) is 11.4. The molecule has 1 aromatic rings. The molecule has 1 heterocycles. The predicted molar refractivity (Wildman–Crippen MR) is 76.5 cm³/mol. The number of hydrogen-bond donors (Lipinski definition) is 2. The SMILES string of the molecule is CC(=O)Nc1ccc(OCC[C@H]2CCCCN2)cc1. The molecule has 1 saturated heterocycles. The molecule has 2 N–H and O–H groups in total. The van der Waals surface area contributed by atoms with Crippen LogP contribution in [0, 0.1) is 0 Å². The van der Waals surface area contributed by atoms with Crippen LogP contribution in [0.25, 0.3) is 0 Å². The quantitative estimate of drug-likeness (QED) is 0.857. The van der Waals surface area contributed by atoms with Gasteiger partial charge in [0.25, 0.3) is 0 Å². The van der Waals surface area contributed by atoms with Crippen LogP contribution in [0.4, 0.5) is 5.69 Å². The molecule has 0 aliphatic carbocycles. The Labute approximate surface area is 114 Å². The van der Waals surface area contributed by atoms with Crippen LogP contribution in [0.3, 0.4) is 0 Å². The van der Waals surface area contributed by atoms with Crippen molar-refractivity contribution < 1.29 is 9.53 Å². The fraction of sp³-hybridized carbons (Fsp3) is 0.533. The maximum Gasteiger partial charge on any atom is 0.221 e. The van der Waals surface area contributed by atoms with Crippen LogP contribution >= 0.6 is 0 Å². The van der Waals surface area contributed by atoms with Gasteiger partial charge < -0.3 is 15.4 Å². The van der Waals surface area contributed by atoms with Gasteiger partial charge >= 0.3 is 0 Å². The number of amides is 1. The van der Waals surface area contributed by atoms with Gasteiger partial charge in [-0.15, -0.1) is 0 Å². The Hall–Kier alpha value is -1.55. The van der Waals surface area contributed by atoms with E-state index in [9.17, 15) is 4.79 Å². The summed E-state index contributed by atoms with van der Waals surface area (Å²) in [6.07, 6.45) is 4.92. The van der Waals surface area contributed by atoms with Crippen molar-refractivity contribution in [2.24, 2.45) is 0 Å². The van der Waals surface area contributed by atoms with Gasteiger partial charge in [0.2, 0.25) is 5.91 Å². The summed E-state index contributed by atoms with van der Waals surface area (Å²) in [6.45, 7) is 3.37. The van der Waals surface area contributed by atoms with Gasteiger partial charge in [0.15, 0.2) is 0 Å². The van der Waals surface area contributed by atoms with Gasteiger partial charge in [0.05, 0.1) is 6.61 Å². The minimum atomic E-state index is -0.0583. The van der Waals surface area contributed by atoms with Crippen molar-refractivity contribution in [3.05, 3.63) is 24.3 Å². The van der Waals surface area contributed by atoms with Crippen molar-refractivity contribution in [1.82, 2.24) is 5.32 Å². The van der Waals surface area contributed by atoms with E-state index in [1.54, 1.807) is 0 Å². The van der Waals surface area contributed by atoms with Crippen molar-refractivity contribution in [3.8, 4) is 5.75 Å². The normalized spacial score (nSPS) is 18.9. The third kappa shape index (κ3) is 4.91. The van der Waals surface area contributed by atoms with E-state index in [0.29, 0.717) is 6.04 Å². The van der Waals surface area contributed by atoms with E-state index in [-0.39, 0.29) is 5.91 Å². The van der Waals surface area contributed by atoms with Gasteiger partial charge in [-0.25, -0.2) is 0 Å². The van der Waals surface area contributed by atoms with Crippen molar-refractivity contribution in [1.29, 1.82) is 0 Å². The van der Waals surface area contributed by atoms with Gasteiger partial charge in [-0.1, -0.05) is 6.42 Å². The lowest BCUT2D eigenvalue weighted by Crippen LogP contribution is -2.35. The van der Waals surface area contributed by atoms with Gasteiger partial charge in [-0.3, -0.25) is 4.79 Å². The van der Waals surface area contributed by atoms with Crippen molar-refractivity contribution in [3.63, 3.8) is 0 Å². The maximum absolute atomic E-state index is 10.9. The zero-order valence-electron chi connectivity index (χ0n) is 11.4. The first-order valence-electron chi connectivity index (χ1n) is 6.98. The highest BCUT2D eigenvalue weighted by atomic mass is 16.5. The van der Waals surface area contributed by atoms with Crippen LogP contribution in [-0.4, -0.2) is 25.1 Å². The van der Waals surface area contributed by atoms with E-state index in [2.05, 4.69) is 10.6 Å². The lowest BCUT2D eigenvalue weighted by molar-refractivity contribution is -0.114. The highest BCUT2D eigenvalue weighted by Gasteiger charge is 2.11. The van der Waals surface area contributed by atoms with Crippen LogP contribution in [0.15, 0.2) is 24.3 Å². The van der Waals surface area contributed by atoms with E-state index in [0.717, 1.165) is 31.0 Å². The molecule has 4 nitrogen and oxygen atoms in total. The second-order valence-electron chi connectivity index (χ2n) is 4.99. The molecule has 1 amide bonds. The monoisotopic (exact) mass is 262 g/mol. The third-order valence-corrected chi connectivity index (χ3v) is 3.32. The molecule has 1 aromatic carbocycles. The van der Waals surface area contributed by atoms with Crippen molar-refractivity contribution in [2.75, 3.05) is 18.5 Å². The average Bonchev–Trinajstić information content (AvgIpc) is 2.41. The fourth-order valence-electron chi connectivity index (χ4n) is 2.33. The number of rotatable bonds is 5. The Morgan fingerprint density at radius 2 is 2.16 bits per heavy atom. The Morgan fingerprint density at radius 1 is 1.37 bits per heavy atom. The molecule has 1 atom stereocenters. The van der Waals surface area contributed by atoms with E-state index in [4.69, 9.17) is 4.74 Å². The largest absolute Gasteiger partial charge is 0.494 e. The lowest BCUT2D eigenvalue weighted by Gasteiger charge is -2.23. The number of nitrogens with one attached hydrogen (secondary N) is 2. The molecule has 0 bridgehead atoms. The van der Waals surface area contributed by atoms with Crippen LogP contribution in [0.2, 0.25) is 0 Å². The van der Waals surface area contributed by atoms with Gasteiger partial charge in [-0.05, 0) is 50.1 Å². The van der Waals surface area contributed by atoms with Crippen LogP contribution < -0.4 is 15.4 Å². The third-order valence-electron chi connectivity index (χ3n) is 3.32. The summed E-state index contributed by atoms with van der Waals surface area (Å²) >= 11 is 0. The molecular formula is C15H22N2O2. The number of benzene rings is 1. The zero-order chi connectivity index (χ0) is 13.5. The molecule has 0 radical (unpaired) electrons. The van der Waals surface area contributed by atoms with Crippen LogP contribution in [-0.2, 0) is 4.79 Å². The van der Waals surface area contributed by atoms with Gasteiger partial charge in [0.1, 0.15) is 5.75 Å². The maximum atomic E-state index is 10.9. The number of carbonyl (C=O) groups excluding carboxylic acids is 1. The van der Waals surface area contributed by atoms with E-state index < -0.39 is 0 Å². The fourth-order valence-corrected chi connectivity index (χ4v) is 2.33. The van der Waals surface area contributed by atoms with E-state index in [1.807, 2.05) is 24.3 Å². The number of piperidine rings is 1. The molecule has 1 fully saturated rings. The van der Waals surface area contributed by atoms with Gasteiger partial charge in [0, 0.05) is 18.7 Å². The smallest absolute Gasteiger partial charge is 0.221 e. The molecular weight excluding hydrogens is 240 g/mol. The molecule has 19 heavy (non-hydrogen) atoms. The Balaban J connectivity index is 1.71. The second kappa shape index (κ2) is 7.14. The molecule has 4 heteroatoms. The highest BCUT2D eigenvalue weighted by Crippen LogP contribution is 2.17. The first kappa shape index (κ1) is 13.9. The summed E-state index contributed by atoms with van der Waals surface area (Å²) in [7, 11) is 0. The molecule has 2 rings (SSSR count). The number of ether oxygens (including phenoxy) is 1. The van der Waals surface area contributed by atoms with Crippen molar-refractivity contribution in [2.45, 2.75) is 38.6 Å². The molecule has 0 unspecified atom stereocenters. The average molecular weight is 262 g/mol. The lowest BCUT2D eigenvalue weighted by atomic mass is 10.0. The molecule has 104 valence electrons. The van der Waals surface area contributed by atoms with E-state index in [1.165, 1.54) is 26.2 Å². The first-order valence-corrected chi connectivity index (χ1v) is 6.98. The predicted octanol–water partition coefficient (Wildman–Crippen LogP) is 2.56. The van der Waals surface area contributed by atoms with Crippen LogP contribution in [0.1, 0.15) is 32.6 Å². The summed E-state index contributed by atoms with van der Waals surface area (Å²) < 4.78 is 5.72.